The minimum atomic E-state index is -0.500. The average Bonchev–Trinajstić information content (AvgIpc) is 2.84. The molecule has 0 aliphatic carbocycles. The number of benzene rings is 1. The Bertz CT molecular complexity index is 708. The zero-order valence-corrected chi connectivity index (χ0v) is 13.2. The highest BCUT2D eigenvalue weighted by Crippen LogP contribution is 2.14. The zero-order valence-electron chi connectivity index (χ0n) is 13.2. The molecule has 1 N–H and O–H groups in total. The molecule has 0 spiro atoms. The van der Waals surface area contributed by atoms with Crippen molar-refractivity contribution in [3.05, 3.63) is 52.7 Å². The minimum Gasteiger partial charge on any atom is -0.361 e. The van der Waals surface area contributed by atoms with Gasteiger partial charge in [-0.25, -0.2) is 4.39 Å². The highest BCUT2D eigenvalue weighted by Gasteiger charge is 2.16. The van der Waals surface area contributed by atoms with Gasteiger partial charge < -0.3 is 14.7 Å². The highest BCUT2D eigenvalue weighted by molar-refractivity contribution is 5.96. The van der Waals surface area contributed by atoms with Gasteiger partial charge in [-0.1, -0.05) is 11.2 Å². The second-order valence-electron chi connectivity index (χ2n) is 5.25. The van der Waals surface area contributed by atoms with Crippen molar-refractivity contribution in [2.24, 2.45) is 0 Å². The van der Waals surface area contributed by atoms with Crippen molar-refractivity contribution in [1.29, 1.82) is 0 Å². The third-order valence-electron chi connectivity index (χ3n) is 3.49. The van der Waals surface area contributed by atoms with Gasteiger partial charge in [-0.3, -0.25) is 9.59 Å². The molecule has 2 rings (SSSR count). The van der Waals surface area contributed by atoms with Gasteiger partial charge in [0.05, 0.1) is 18.8 Å². The van der Waals surface area contributed by atoms with Gasteiger partial charge in [0.1, 0.15) is 11.6 Å². The molecule has 0 aliphatic rings. The fraction of sp³-hybridized carbons (Fsp3) is 0.312. The van der Waals surface area contributed by atoms with Crippen LogP contribution in [0.4, 0.5) is 4.39 Å². The molecule has 0 aliphatic heterocycles. The van der Waals surface area contributed by atoms with E-state index in [1.165, 1.54) is 23.1 Å². The summed E-state index contributed by atoms with van der Waals surface area (Å²) in [5.41, 5.74) is 1.74. The van der Waals surface area contributed by atoms with Crippen LogP contribution in [0.15, 0.2) is 28.8 Å². The molecule has 122 valence electrons. The first kappa shape index (κ1) is 16.7. The van der Waals surface area contributed by atoms with Crippen LogP contribution in [0, 0.1) is 19.7 Å². The summed E-state index contributed by atoms with van der Waals surface area (Å²) in [6, 6.07) is 5.29. The van der Waals surface area contributed by atoms with Crippen molar-refractivity contribution in [3.8, 4) is 0 Å². The maximum absolute atomic E-state index is 13.1. The van der Waals surface area contributed by atoms with Crippen LogP contribution in [0.2, 0.25) is 0 Å². The van der Waals surface area contributed by atoms with E-state index in [1.807, 2.05) is 0 Å². The Hall–Kier alpha value is -2.70. The van der Waals surface area contributed by atoms with Crippen molar-refractivity contribution < 1.29 is 18.5 Å². The molecule has 0 unspecified atom stereocenters. The lowest BCUT2D eigenvalue weighted by Gasteiger charge is -2.17. The normalized spacial score (nSPS) is 10.4. The van der Waals surface area contributed by atoms with E-state index in [1.54, 1.807) is 20.9 Å². The van der Waals surface area contributed by atoms with Gasteiger partial charge in [0.2, 0.25) is 5.91 Å². The SMILES string of the molecule is Cc1noc(C)c1CN(C)C(=O)CNC(=O)c1cccc(F)c1. The van der Waals surface area contributed by atoms with Gasteiger partial charge in [0.15, 0.2) is 0 Å². The molecule has 2 amide bonds. The predicted octanol–water partition coefficient (Wildman–Crippen LogP) is 1.82. The Balaban J connectivity index is 1.90. The topological polar surface area (TPSA) is 75.4 Å². The quantitative estimate of drug-likeness (QED) is 0.912. The first-order valence-electron chi connectivity index (χ1n) is 7.08. The molecule has 1 aromatic heterocycles. The first-order chi connectivity index (χ1) is 10.9. The fourth-order valence-corrected chi connectivity index (χ4v) is 2.08. The number of amides is 2. The standard InChI is InChI=1S/C16H18FN3O3/c1-10-14(11(2)23-19-10)9-20(3)15(21)8-18-16(22)12-5-4-6-13(17)7-12/h4-7H,8-9H2,1-3H3,(H,18,22). The second kappa shape index (κ2) is 7.04. The molecule has 0 fully saturated rings. The zero-order chi connectivity index (χ0) is 17.0. The Morgan fingerprint density at radius 2 is 2.09 bits per heavy atom. The largest absolute Gasteiger partial charge is 0.361 e. The Labute approximate surface area is 133 Å². The van der Waals surface area contributed by atoms with E-state index in [4.69, 9.17) is 4.52 Å². The number of carbonyl (C=O) groups excluding carboxylic acids is 2. The third-order valence-corrected chi connectivity index (χ3v) is 3.49. The number of carbonyl (C=O) groups is 2. The molecule has 23 heavy (non-hydrogen) atoms. The minimum absolute atomic E-state index is 0.171. The molecule has 6 nitrogen and oxygen atoms in total. The number of hydrogen-bond donors (Lipinski definition) is 1. The van der Waals surface area contributed by atoms with Crippen LogP contribution in [-0.2, 0) is 11.3 Å². The van der Waals surface area contributed by atoms with Crippen LogP contribution in [0.1, 0.15) is 27.4 Å². The lowest BCUT2D eigenvalue weighted by Crippen LogP contribution is -2.38. The Kier molecular flexibility index (Phi) is 5.10. The van der Waals surface area contributed by atoms with E-state index in [9.17, 15) is 14.0 Å². The maximum Gasteiger partial charge on any atom is 0.251 e. The summed E-state index contributed by atoms with van der Waals surface area (Å²) in [6.45, 7) is 3.75. The molecule has 0 atom stereocenters. The monoisotopic (exact) mass is 319 g/mol. The maximum atomic E-state index is 13.1. The van der Waals surface area contributed by atoms with E-state index >= 15 is 0 Å². The van der Waals surface area contributed by atoms with Crippen LogP contribution in [0.3, 0.4) is 0 Å². The van der Waals surface area contributed by atoms with Gasteiger partial charge in [0, 0.05) is 18.2 Å². The summed E-state index contributed by atoms with van der Waals surface area (Å²) in [5, 5.41) is 6.31. The first-order valence-corrected chi connectivity index (χ1v) is 7.08. The molecule has 1 aromatic carbocycles. The number of aromatic nitrogens is 1. The van der Waals surface area contributed by atoms with Gasteiger partial charge in [-0.2, -0.15) is 0 Å². The second-order valence-corrected chi connectivity index (χ2v) is 5.25. The third kappa shape index (κ3) is 4.15. The van der Waals surface area contributed by atoms with Gasteiger partial charge >= 0.3 is 0 Å². The predicted molar refractivity (Wildman–Crippen MR) is 81.2 cm³/mol. The lowest BCUT2D eigenvalue weighted by atomic mass is 10.2. The average molecular weight is 319 g/mol. The molecule has 7 heteroatoms. The Morgan fingerprint density at radius 1 is 1.35 bits per heavy atom. The number of rotatable bonds is 5. The molecule has 0 saturated heterocycles. The summed E-state index contributed by atoms with van der Waals surface area (Å²) in [7, 11) is 1.63. The van der Waals surface area contributed by atoms with E-state index in [0.29, 0.717) is 12.3 Å². The summed E-state index contributed by atoms with van der Waals surface area (Å²) in [4.78, 5) is 25.4. The Morgan fingerprint density at radius 3 is 2.70 bits per heavy atom. The molecular weight excluding hydrogens is 301 g/mol. The number of hydrogen-bond acceptors (Lipinski definition) is 4. The van der Waals surface area contributed by atoms with Crippen molar-refractivity contribution in [2.75, 3.05) is 13.6 Å². The van der Waals surface area contributed by atoms with Crippen LogP contribution in [0.25, 0.3) is 0 Å². The summed E-state index contributed by atoms with van der Waals surface area (Å²) < 4.78 is 18.1. The van der Waals surface area contributed by atoms with Crippen LogP contribution in [-0.4, -0.2) is 35.5 Å². The molecule has 0 bridgehead atoms. The van der Waals surface area contributed by atoms with Crippen LogP contribution in [0.5, 0.6) is 0 Å². The van der Waals surface area contributed by atoms with Crippen molar-refractivity contribution >= 4 is 11.8 Å². The smallest absolute Gasteiger partial charge is 0.251 e. The van der Waals surface area contributed by atoms with Crippen LogP contribution < -0.4 is 5.32 Å². The summed E-state index contributed by atoms with van der Waals surface area (Å²) in [5.74, 6) is -0.608. The summed E-state index contributed by atoms with van der Waals surface area (Å²) >= 11 is 0. The summed E-state index contributed by atoms with van der Waals surface area (Å²) in [6.07, 6.45) is 0. The molecule has 0 radical (unpaired) electrons. The molecule has 2 aromatic rings. The van der Waals surface area contributed by atoms with Crippen molar-refractivity contribution in [1.82, 2.24) is 15.4 Å². The van der Waals surface area contributed by atoms with Crippen LogP contribution >= 0.6 is 0 Å². The highest BCUT2D eigenvalue weighted by atomic mass is 19.1. The number of nitrogens with zero attached hydrogens (tertiary/aromatic N) is 2. The van der Waals surface area contributed by atoms with E-state index in [-0.39, 0.29) is 18.0 Å². The van der Waals surface area contributed by atoms with Gasteiger partial charge in [0.25, 0.3) is 5.91 Å². The molecule has 0 saturated carbocycles. The van der Waals surface area contributed by atoms with E-state index in [0.717, 1.165) is 17.3 Å². The lowest BCUT2D eigenvalue weighted by molar-refractivity contribution is -0.129. The van der Waals surface area contributed by atoms with Crippen molar-refractivity contribution in [2.45, 2.75) is 20.4 Å². The van der Waals surface area contributed by atoms with Crippen molar-refractivity contribution in [3.63, 3.8) is 0 Å². The van der Waals surface area contributed by atoms with E-state index in [2.05, 4.69) is 10.5 Å². The molecule has 1 heterocycles. The number of likely N-dealkylation sites (N-methyl/N-ethyl adjacent to an activating group) is 1. The molecular formula is C16H18FN3O3. The number of aryl methyl sites for hydroxylation is 2. The van der Waals surface area contributed by atoms with Gasteiger partial charge in [-0.05, 0) is 32.0 Å². The number of halogens is 1. The van der Waals surface area contributed by atoms with E-state index < -0.39 is 11.7 Å². The van der Waals surface area contributed by atoms with Gasteiger partial charge in [-0.15, -0.1) is 0 Å². The fourth-order valence-electron chi connectivity index (χ4n) is 2.08. The number of nitrogens with one attached hydrogen (secondary N) is 1.